The van der Waals surface area contributed by atoms with Crippen LogP contribution in [0, 0.1) is 5.92 Å². The maximum absolute atomic E-state index is 13.0. The predicted octanol–water partition coefficient (Wildman–Crippen LogP) is 2.64. The van der Waals surface area contributed by atoms with Crippen molar-refractivity contribution in [2.24, 2.45) is 5.92 Å². The first-order valence-electron chi connectivity index (χ1n) is 8.83. The average Bonchev–Trinajstić information content (AvgIpc) is 2.70. The standard InChI is InChI=1S/C20H22N4O4/c1-12(2)18(24-20(26)14-7-5-6-8-15(14)22-23-24)19(25)21-16-10-9-13(27-3)11-17(16)28-4/h5-12,18H,1-4H3,(H,21,25)/t18-/m0/s1. The number of methoxy groups -OCH3 is 2. The highest BCUT2D eigenvalue weighted by molar-refractivity contribution is 5.95. The Hall–Kier alpha value is -3.42. The molecule has 0 unspecified atom stereocenters. The molecule has 3 aromatic rings. The molecule has 8 nitrogen and oxygen atoms in total. The molecule has 3 rings (SSSR count). The van der Waals surface area contributed by atoms with Gasteiger partial charge in [-0.1, -0.05) is 31.2 Å². The zero-order chi connectivity index (χ0) is 20.3. The Labute approximate surface area is 162 Å². The lowest BCUT2D eigenvalue weighted by molar-refractivity contribution is -0.120. The van der Waals surface area contributed by atoms with Gasteiger partial charge < -0.3 is 14.8 Å². The molecule has 0 aliphatic heterocycles. The number of rotatable bonds is 6. The number of aromatic nitrogens is 3. The van der Waals surface area contributed by atoms with Crippen LogP contribution in [0.2, 0.25) is 0 Å². The van der Waals surface area contributed by atoms with Crippen molar-refractivity contribution < 1.29 is 14.3 Å². The molecule has 1 amide bonds. The van der Waals surface area contributed by atoms with E-state index in [9.17, 15) is 9.59 Å². The van der Waals surface area contributed by atoms with Crippen LogP contribution in [-0.2, 0) is 4.79 Å². The van der Waals surface area contributed by atoms with E-state index in [1.165, 1.54) is 7.11 Å². The zero-order valence-corrected chi connectivity index (χ0v) is 16.2. The fourth-order valence-electron chi connectivity index (χ4n) is 2.99. The first-order valence-corrected chi connectivity index (χ1v) is 8.83. The molecule has 28 heavy (non-hydrogen) atoms. The van der Waals surface area contributed by atoms with Crippen LogP contribution in [0.4, 0.5) is 5.69 Å². The van der Waals surface area contributed by atoms with Gasteiger partial charge in [-0.3, -0.25) is 9.59 Å². The summed E-state index contributed by atoms with van der Waals surface area (Å²) in [4.78, 5) is 25.9. The molecule has 0 saturated carbocycles. The molecule has 0 spiro atoms. The van der Waals surface area contributed by atoms with E-state index < -0.39 is 6.04 Å². The van der Waals surface area contributed by atoms with Crippen molar-refractivity contribution in [1.82, 2.24) is 15.0 Å². The normalized spacial score (nSPS) is 12.0. The van der Waals surface area contributed by atoms with Gasteiger partial charge in [0.05, 0.1) is 25.3 Å². The van der Waals surface area contributed by atoms with Crippen molar-refractivity contribution in [3.63, 3.8) is 0 Å². The molecule has 146 valence electrons. The minimum Gasteiger partial charge on any atom is -0.497 e. The van der Waals surface area contributed by atoms with E-state index >= 15 is 0 Å². The van der Waals surface area contributed by atoms with Gasteiger partial charge in [-0.05, 0) is 30.2 Å². The van der Waals surface area contributed by atoms with E-state index in [2.05, 4.69) is 15.6 Å². The van der Waals surface area contributed by atoms with Gasteiger partial charge in [0.2, 0.25) is 5.91 Å². The van der Waals surface area contributed by atoms with Crippen LogP contribution in [0.5, 0.6) is 11.5 Å². The minimum atomic E-state index is -0.837. The van der Waals surface area contributed by atoms with E-state index in [-0.39, 0.29) is 17.4 Å². The van der Waals surface area contributed by atoms with E-state index in [1.807, 2.05) is 13.8 Å². The number of nitrogens with one attached hydrogen (secondary N) is 1. The van der Waals surface area contributed by atoms with Crippen LogP contribution in [0.15, 0.2) is 47.3 Å². The van der Waals surface area contributed by atoms with Gasteiger partial charge in [0.25, 0.3) is 5.56 Å². The third kappa shape index (κ3) is 3.66. The van der Waals surface area contributed by atoms with Crippen molar-refractivity contribution in [2.75, 3.05) is 19.5 Å². The maximum Gasteiger partial charge on any atom is 0.278 e. The first kappa shape index (κ1) is 19.3. The largest absolute Gasteiger partial charge is 0.497 e. The second kappa shape index (κ2) is 8.08. The monoisotopic (exact) mass is 382 g/mol. The van der Waals surface area contributed by atoms with Crippen molar-refractivity contribution in [3.8, 4) is 11.5 Å². The molecule has 0 aliphatic rings. The Bertz CT molecular complexity index is 1060. The molecule has 0 bridgehead atoms. The SMILES string of the molecule is COc1ccc(NC(=O)[C@H](C(C)C)n2nnc3ccccc3c2=O)c(OC)c1. The number of anilines is 1. The van der Waals surface area contributed by atoms with E-state index in [4.69, 9.17) is 9.47 Å². The zero-order valence-electron chi connectivity index (χ0n) is 16.2. The summed E-state index contributed by atoms with van der Waals surface area (Å²) in [7, 11) is 3.05. The summed E-state index contributed by atoms with van der Waals surface area (Å²) in [5.41, 5.74) is 0.602. The highest BCUT2D eigenvalue weighted by Gasteiger charge is 2.28. The average molecular weight is 382 g/mol. The second-order valence-corrected chi connectivity index (χ2v) is 6.60. The molecule has 1 heterocycles. The molecular formula is C20H22N4O4. The number of benzene rings is 2. The fraction of sp³-hybridized carbons (Fsp3) is 0.300. The number of amides is 1. The highest BCUT2D eigenvalue weighted by atomic mass is 16.5. The lowest BCUT2D eigenvalue weighted by Gasteiger charge is -2.22. The molecule has 0 radical (unpaired) electrons. The fourth-order valence-corrected chi connectivity index (χ4v) is 2.99. The van der Waals surface area contributed by atoms with Crippen LogP contribution in [0.1, 0.15) is 19.9 Å². The smallest absolute Gasteiger partial charge is 0.278 e. The number of ether oxygens (including phenoxy) is 2. The van der Waals surface area contributed by atoms with Crippen LogP contribution in [0.3, 0.4) is 0 Å². The van der Waals surface area contributed by atoms with Crippen molar-refractivity contribution >= 4 is 22.5 Å². The Balaban J connectivity index is 1.99. The molecular weight excluding hydrogens is 360 g/mol. The summed E-state index contributed by atoms with van der Waals surface area (Å²) in [5.74, 6) is 0.474. The number of carbonyl (C=O) groups excluding carboxylic acids is 1. The van der Waals surface area contributed by atoms with Crippen LogP contribution >= 0.6 is 0 Å². The molecule has 2 aromatic carbocycles. The number of hydrogen-bond acceptors (Lipinski definition) is 6. The van der Waals surface area contributed by atoms with E-state index in [1.54, 1.807) is 49.6 Å². The highest BCUT2D eigenvalue weighted by Crippen LogP contribution is 2.30. The van der Waals surface area contributed by atoms with Crippen LogP contribution in [-0.4, -0.2) is 35.1 Å². The Morgan fingerprint density at radius 2 is 1.86 bits per heavy atom. The quantitative estimate of drug-likeness (QED) is 0.704. The number of nitrogens with zero attached hydrogens (tertiary/aromatic N) is 3. The number of fused-ring (bicyclic) bond motifs is 1. The summed E-state index contributed by atoms with van der Waals surface area (Å²) in [6, 6.07) is 11.1. The molecule has 0 aliphatic carbocycles. The van der Waals surface area contributed by atoms with Crippen LogP contribution in [0.25, 0.3) is 10.9 Å². The van der Waals surface area contributed by atoms with Gasteiger partial charge in [0.1, 0.15) is 23.1 Å². The minimum absolute atomic E-state index is 0.197. The third-order valence-corrected chi connectivity index (χ3v) is 4.42. The topological polar surface area (TPSA) is 95.3 Å². The molecule has 0 fully saturated rings. The van der Waals surface area contributed by atoms with Gasteiger partial charge in [0.15, 0.2) is 0 Å². The molecule has 8 heteroatoms. The van der Waals surface area contributed by atoms with Gasteiger partial charge >= 0.3 is 0 Å². The first-order chi connectivity index (χ1) is 13.5. The Kier molecular flexibility index (Phi) is 5.58. The Morgan fingerprint density at radius 1 is 1.11 bits per heavy atom. The summed E-state index contributed by atoms with van der Waals surface area (Å²) in [6.45, 7) is 3.69. The number of carbonyl (C=O) groups is 1. The van der Waals surface area contributed by atoms with E-state index in [0.29, 0.717) is 28.1 Å². The summed E-state index contributed by atoms with van der Waals surface area (Å²) < 4.78 is 11.6. The second-order valence-electron chi connectivity index (χ2n) is 6.60. The third-order valence-electron chi connectivity index (χ3n) is 4.42. The Morgan fingerprint density at radius 3 is 2.54 bits per heavy atom. The number of hydrogen-bond donors (Lipinski definition) is 1. The predicted molar refractivity (Wildman–Crippen MR) is 106 cm³/mol. The molecule has 1 atom stereocenters. The van der Waals surface area contributed by atoms with Crippen LogP contribution < -0.4 is 20.3 Å². The molecule has 0 saturated heterocycles. The van der Waals surface area contributed by atoms with Crippen molar-refractivity contribution in [1.29, 1.82) is 0 Å². The maximum atomic E-state index is 13.0. The van der Waals surface area contributed by atoms with Gasteiger partial charge in [-0.2, -0.15) is 4.68 Å². The molecule has 1 aromatic heterocycles. The summed E-state index contributed by atoms with van der Waals surface area (Å²) in [5, 5.41) is 11.3. The van der Waals surface area contributed by atoms with Crippen molar-refractivity contribution in [3.05, 3.63) is 52.8 Å². The van der Waals surface area contributed by atoms with Gasteiger partial charge in [0, 0.05) is 6.07 Å². The summed E-state index contributed by atoms with van der Waals surface area (Å²) >= 11 is 0. The lowest BCUT2D eigenvalue weighted by atomic mass is 10.0. The lowest BCUT2D eigenvalue weighted by Crippen LogP contribution is -2.38. The van der Waals surface area contributed by atoms with Gasteiger partial charge in [-0.25, -0.2) is 0 Å². The summed E-state index contributed by atoms with van der Waals surface area (Å²) in [6.07, 6.45) is 0. The molecule has 1 N–H and O–H groups in total. The van der Waals surface area contributed by atoms with Crippen molar-refractivity contribution in [2.45, 2.75) is 19.9 Å². The van der Waals surface area contributed by atoms with Gasteiger partial charge in [-0.15, -0.1) is 5.10 Å². The van der Waals surface area contributed by atoms with E-state index in [0.717, 1.165) is 4.68 Å².